The minimum Gasteiger partial charge on any atom is -0.508 e. The summed E-state index contributed by atoms with van der Waals surface area (Å²) in [5.74, 6) is 0.279. The minimum atomic E-state index is -3.14. The van der Waals surface area contributed by atoms with Crippen LogP contribution in [0.2, 0.25) is 0 Å². The number of sulfonamides is 1. The monoisotopic (exact) mass is 229 g/mol. The number of rotatable bonds is 4. The molecule has 0 unspecified atom stereocenters. The second-order valence-electron chi connectivity index (χ2n) is 3.32. The number of hydrogen-bond acceptors (Lipinski definition) is 3. The van der Waals surface area contributed by atoms with Crippen molar-refractivity contribution in [3.8, 4) is 5.75 Å². The molecule has 5 heteroatoms. The molecule has 0 heterocycles. The molecule has 0 radical (unpaired) electrons. The third-order valence-corrected chi connectivity index (χ3v) is 3.99. The average Bonchev–Trinajstić information content (AvgIpc) is 2.21. The van der Waals surface area contributed by atoms with Gasteiger partial charge in [-0.25, -0.2) is 12.7 Å². The second-order valence-corrected chi connectivity index (χ2v) is 5.69. The molecule has 0 fully saturated rings. The Morgan fingerprint density at radius 2 is 1.80 bits per heavy atom. The first-order chi connectivity index (χ1) is 6.95. The predicted octanol–water partition coefficient (Wildman–Crippen LogP) is 1.17. The van der Waals surface area contributed by atoms with Gasteiger partial charge in [0.05, 0.1) is 5.75 Å². The lowest BCUT2D eigenvalue weighted by Gasteiger charge is -2.15. The molecule has 1 N–H and O–H groups in total. The highest BCUT2D eigenvalue weighted by molar-refractivity contribution is 7.89. The molecule has 1 rings (SSSR count). The van der Waals surface area contributed by atoms with Crippen LogP contribution in [0.3, 0.4) is 0 Å². The maximum Gasteiger partial charge on any atom is 0.213 e. The Hall–Kier alpha value is -1.07. The van der Waals surface area contributed by atoms with Crippen LogP contribution in [-0.2, 0) is 16.6 Å². The quantitative estimate of drug-likeness (QED) is 0.843. The zero-order valence-corrected chi connectivity index (χ0v) is 9.66. The van der Waals surface area contributed by atoms with E-state index in [0.717, 1.165) is 5.56 Å². The largest absolute Gasteiger partial charge is 0.508 e. The molecule has 0 saturated carbocycles. The fourth-order valence-electron chi connectivity index (χ4n) is 1.18. The van der Waals surface area contributed by atoms with E-state index >= 15 is 0 Å². The lowest BCUT2D eigenvalue weighted by Crippen LogP contribution is -2.27. The van der Waals surface area contributed by atoms with Gasteiger partial charge < -0.3 is 5.11 Å². The first-order valence-corrected chi connectivity index (χ1v) is 6.28. The van der Waals surface area contributed by atoms with E-state index in [2.05, 4.69) is 0 Å². The maximum atomic E-state index is 11.4. The van der Waals surface area contributed by atoms with Crippen LogP contribution in [0.1, 0.15) is 12.5 Å². The molecular formula is C10H15NO3S. The summed E-state index contributed by atoms with van der Waals surface area (Å²) < 4.78 is 24.2. The summed E-state index contributed by atoms with van der Waals surface area (Å²) >= 11 is 0. The summed E-state index contributed by atoms with van der Waals surface area (Å²) in [4.78, 5) is 0. The van der Waals surface area contributed by atoms with E-state index in [4.69, 9.17) is 5.11 Å². The number of benzene rings is 1. The molecule has 0 saturated heterocycles. The molecule has 4 nitrogen and oxygen atoms in total. The van der Waals surface area contributed by atoms with Gasteiger partial charge in [-0.05, 0) is 24.6 Å². The van der Waals surface area contributed by atoms with Gasteiger partial charge in [-0.3, -0.25) is 0 Å². The van der Waals surface area contributed by atoms with Gasteiger partial charge in [-0.2, -0.15) is 0 Å². The SMILES string of the molecule is CCS(=O)(=O)N(C)Cc1ccc(O)cc1. The van der Waals surface area contributed by atoms with E-state index in [1.807, 2.05) is 0 Å². The molecule has 84 valence electrons. The number of phenolic OH excluding ortho intramolecular Hbond substituents is 1. The van der Waals surface area contributed by atoms with Crippen molar-refractivity contribution in [2.75, 3.05) is 12.8 Å². The minimum absolute atomic E-state index is 0.0988. The number of aromatic hydroxyl groups is 1. The van der Waals surface area contributed by atoms with Crippen molar-refractivity contribution in [3.05, 3.63) is 29.8 Å². The summed E-state index contributed by atoms with van der Waals surface area (Å²) in [5.41, 5.74) is 0.854. The van der Waals surface area contributed by atoms with E-state index in [0.29, 0.717) is 6.54 Å². The van der Waals surface area contributed by atoms with Crippen LogP contribution in [0.4, 0.5) is 0 Å². The van der Waals surface area contributed by atoms with Gasteiger partial charge in [0.25, 0.3) is 0 Å². The van der Waals surface area contributed by atoms with Gasteiger partial charge in [-0.15, -0.1) is 0 Å². The van der Waals surface area contributed by atoms with Gasteiger partial charge in [0, 0.05) is 13.6 Å². The lowest BCUT2D eigenvalue weighted by molar-refractivity contribution is 0.464. The Balaban J connectivity index is 2.75. The highest BCUT2D eigenvalue weighted by Crippen LogP contribution is 2.12. The topological polar surface area (TPSA) is 57.6 Å². The normalized spacial score (nSPS) is 11.9. The van der Waals surface area contributed by atoms with E-state index in [1.165, 1.54) is 4.31 Å². The molecule has 0 bridgehead atoms. The van der Waals surface area contributed by atoms with Gasteiger partial charge >= 0.3 is 0 Å². The van der Waals surface area contributed by atoms with Gasteiger partial charge in [-0.1, -0.05) is 12.1 Å². The molecule has 0 aromatic heterocycles. The van der Waals surface area contributed by atoms with Crippen LogP contribution in [0, 0.1) is 0 Å². The van der Waals surface area contributed by atoms with Crippen molar-refractivity contribution < 1.29 is 13.5 Å². The summed E-state index contributed by atoms with van der Waals surface area (Å²) in [6.07, 6.45) is 0. The first kappa shape index (κ1) is 12.0. The Bertz CT molecular complexity index is 411. The van der Waals surface area contributed by atoms with Crippen LogP contribution in [0.5, 0.6) is 5.75 Å². The molecule has 1 aromatic rings. The number of nitrogens with zero attached hydrogens (tertiary/aromatic N) is 1. The summed E-state index contributed by atoms with van der Waals surface area (Å²) in [6, 6.07) is 6.50. The fourth-order valence-corrected chi connectivity index (χ4v) is 1.96. The van der Waals surface area contributed by atoms with Crippen LogP contribution >= 0.6 is 0 Å². The van der Waals surface area contributed by atoms with E-state index in [-0.39, 0.29) is 11.5 Å². The Labute approximate surface area is 90.2 Å². The third-order valence-electron chi connectivity index (χ3n) is 2.18. The summed E-state index contributed by atoms with van der Waals surface area (Å²) in [5, 5.41) is 9.06. The average molecular weight is 229 g/mol. The highest BCUT2D eigenvalue weighted by Gasteiger charge is 2.14. The Morgan fingerprint density at radius 3 is 2.27 bits per heavy atom. The lowest BCUT2D eigenvalue weighted by atomic mass is 10.2. The molecule has 0 amide bonds. The van der Waals surface area contributed by atoms with Crippen LogP contribution in [0.15, 0.2) is 24.3 Å². The van der Waals surface area contributed by atoms with Gasteiger partial charge in [0.1, 0.15) is 5.75 Å². The molecule has 15 heavy (non-hydrogen) atoms. The van der Waals surface area contributed by atoms with E-state index in [9.17, 15) is 8.42 Å². The molecule has 1 aromatic carbocycles. The zero-order valence-electron chi connectivity index (χ0n) is 8.84. The molecule has 0 aliphatic rings. The van der Waals surface area contributed by atoms with Gasteiger partial charge in [0.15, 0.2) is 0 Å². The van der Waals surface area contributed by atoms with Crippen molar-refractivity contribution in [3.63, 3.8) is 0 Å². The molecule has 0 aliphatic heterocycles. The zero-order chi connectivity index (χ0) is 11.5. The highest BCUT2D eigenvalue weighted by atomic mass is 32.2. The molecule has 0 aliphatic carbocycles. The van der Waals surface area contributed by atoms with Crippen LogP contribution < -0.4 is 0 Å². The maximum absolute atomic E-state index is 11.4. The molecule has 0 spiro atoms. The third kappa shape index (κ3) is 3.21. The van der Waals surface area contributed by atoms with Crippen molar-refractivity contribution in [2.45, 2.75) is 13.5 Å². The standard InChI is InChI=1S/C10H15NO3S/c1-3-15(13,14)11(2)8-9-4-6-10(12)7-5-9/h4-7,12H,3,8H2,1-2H3. The molecular weight excluding hydrogens is 214 g/mol. The van der Waals surface area contributed by atoms with Crippen molar-refractivity contribution in [1.82, 2.24) is 4.31 Å². The molecule has 0 atom stereocenters. The smallest absolute Gasteiger partial charge is 0.213 e. The Kier molecular flexibility index (Phi) is 3.71. The number of phenols is 1. The summed E-state index contributed by atoms with van der Waals surface area (Å²) in [7, 11) is -1.59. The number of hydrogen-bond donors (Lipinski definition) is 1. The van der Waals surface area contributed by atoms with E-state index < -0.39 is 10.0 Å². The van der Waals surface area contributed by atoms with Crippen LogP contribution in [0.25, 0.3) is 0 Å². The van der Waals surface area contributed by atoms with Crippen LogP contribution in [-0.4, -0.2) is 30.6 Å². The first-order valence-electron chi connectivity index (χ1n) is 4.67. The Morgan fingerprint density at radius 1 is 1.27 bits per heavy atom. The van der Waals surface area contributed by atoms with Crippen molar-refractivity contribution in [2.24, 2.45) is 0 Å². The van der Waals surface area contributed by atoms with Crippen molar-refractivity contribution >= 4 is 10.0 Å². The van der Waals surface area contributed by atoms with Crippen molar-refractivity contribution in [1.29, 1.82) is 0 Å². The second kappa shape index (κ2) is 4.63. The predicted molar refractivity (Wildman–Crippen MR) is 59.0 cm³/mol. The fraction of sp³-hybridized carbons (Fsp3) is 0.400. The van der Waals surface area contributed by atoms with E-state index in [1.54, 1.807) is 38.2 Å². The van der Waals surface area contributed by atoms with Gasteiger partial charge in [0.2, 0.25) is 10.0 Å². The summed E-state index contributed by atoms with van der Waals surface area (Å²) in [6.45, 7) is 1.94.